The topological polar surface area (TPSA) is 108 Å². The maximum Gasteiger partial charge on any atom is 0.342 e. The van der Waals surface area contributed by atoms with E-state index in [-0.39, 0.29) is 16.9 Å². The molecule has 1 amide bonds. The molecule has 0 spiro atoms. The Labute approximate surface area is 156 Å². The van der Waals surface area contributed by atoms with Gasteiger partial charge in [-0.15, -0.1) is 0 Å². The van der Waals surface area contributed by atoms with E-state index in [9.17, 15) is 19.7 Å². The fourth-order valence-corrected chi connectivity index (χ4v) is 2.48. The summed E-state index contributed by atoms with van der Waals surface area (Å²) < 4.78 is 10.1. The molecule has 0 bridgehead atoms. The zero-order valence-corrected chi connectivity index (χ0v) is 15.5. The molecule has 27 heavy (non-hydrogen) atoms. The minimum absolute atomic E-state index is 0.0918. The van der Waals surface area contributed by atoms with E-state index in [4.69, 9.17) is 9.47 Å². The van der Waals surface area contributed by atoms with E-state index in [1.807, 2.05) is 6.92 Å². The van der Waals surface area contributed by atoms with Gasteiger partial charge in [-0.05, 0) is 44.0 Å². The summed E-state index contributed by atoms with van der Waals surface area (Å²) in [6, 6.07) is 7.93. The molecule has 0 radical (unpaired) electrons. The molecule has 0 heterocycles. The van der Waals surface area contributed by atoms with Gasteiger partial charge in [0.1, 0.15) is 17.0 Å². The molecule has 1 N–H and O–H groups in total. The van der Waals surface area contributed by atoms with Crippen LogP contribution in [0.4, 0.5) is 11.4 Å². The highest BCUT2D eigenvalue weighted by Gasteiger charge is 2.21. The van der Waals surface area contributed by atoms with Crippen molar-refractivity contribution in [2.45, 2.75) is 20.8 Å². The van der Waals surface area contributed by atoms with E-state index >= 15 is 0 Å². The fourth-order valence-electron chi connectivity index (χ4n) is 2.48. The second-order valence-electron chi connectivity index (χ2n) is 5.99. The summed E-state index contributed by atoms with van der Waals surface area (Å²) in [4.78, 5) is 35.0. The predicted molar refractivity (Wildman–Crippen MR) is 99.2 cm³/mol. The molecule has 0 saturated heterocycles. The van der Waals surface area contributed by atoms with Gasteiger partial charge in [0.25, 0.3) is 11.6 Å². The van der Waals surface area contributed by atoms with Gasteiger partial charge in [0.05, 0.1) is 12.0 Å². The van der Waals surface area contributed by atoms with Crippen LogP contribution in [0.1, 0.15) is 27.0 Å². The van der Waals surface area contributed by atoms with E-state index in [0.29, 0.717) is 11.3 Å². The van der Waals surface area contributed by atoms with Crippen molar-refractivity contribution in [2.75, 3.05) is 19.0 Å². The first kappa shape index (κ1) is 19.9. The van der Waals surface area contributed by atoms with E-state index in [1.165, 1.54) is 13.2 Å². The maximum absolute atomic E-state index is 12.2. The molecule has 8 heteroatoms. The van der Waals surface area contributed by atoms with Gasteiger partial charge in [-0.2, -0.15) is 0 Å². The van der Waals surface area contributed by atoms with E-state index < -0.39 is 23.4 Å². The Morgan fingerprint density at radius 2 is 1.85 bits per heavy atom. The molecule has 0 unspecified atom stereocenters. The smallest absolute Gasteiger partial charge is 0.342 e. The number of esters is 1. The second kappa shape index (κ2) is 8.31. The Hall–Kier alpha value is -3.42. The molecular weight excluding hydrogens is 352 g/mol. The first-order valence-electron chi connectivity index (χ1n) is 8.10. The number of methoxy groups -OCH3 is 1. The van der Waals surface area contributed by atoms with Crippen molar-refractivity contribution >= 4 is 23.3 Å². The van der Waals surface area contributed by atoms with Crippen molar-refractivity contribution in [1.82, 2.24) is 0 Å². The van der Waals surface area contributed by atoms with E-state index in [2.05, 4.69) is 5.32 Å². The number of anilines is 1. The zero-order valence-electron chi connectivity index (χ0n) is 15.5. The third kappa shape index (κ3) is 4.60. The van der Waals surface area contributed by atoms with E-state index in [1.54, 1.807) is 38.1 Å². The van der Waals surface area contributed by atoms with Crippen molar-refractivity contribution in [3.8, 4) is 5.75 Å². The Kier molecular flexibility index (Phi) is 6.12. The highest BCUT2D eigenvalue weighted by molar-refractivity contribution is 5.98. The number of nitrogens with one attached hydrogen (secondary N) is 1. The van der Waals surface area contributed by atoms with Crippen molar-refractivity contribution in [1.29, 1.82) is 0 Å². The van der Waals surface area contributed by atoms with Gasteiger partial charge in [-0.25, -0.2) is 4.79 Å². The summed E-state index contributed by atoms with van der Waals surface area (Å²) in [5.41, 5.74) is 2.26. The van der Waals surface area contributed by atoms with Gasteiger partial charge in [0.15, 0.2) is 6.61 Å². The first-order chi connectivity index (χ1) is 12.7. The summed E-state index contributed by atoms with van der Waals surface area (Å²) in [5, 5.41) is 13.6. The second-order valence-corrected chi connectivity index (χ2v) is 5.99. The number of benzene rings is 2. The number of ether oxygens (including phenoxy) is 2. The average Bonchev–Trinajstić information content (AvgIpc) is 2.63. The lowest BCUT2D eigenvalue weighted by molar-refractivity contribution is -0.384. The average molecular weight is 372 g/mol. The Bertz CT molecular complexity index is 907. The third-order valence-electron chi connectivity index (χ3n) is 4.08. The number of carbonyl (C=O) groups excluding carboxylic acids is 2. The lowest BCUT2D eigenvalue weighted by Crippen LogP contribution is -2.22. The molecule has 0 aliphatic rings. The summed E-state index contributed by atoms with van der Waals surface area (Å²) in [5.74, 6) is -1.07. The van der Waals surface area contributed by atoms with Gasteiger partial charge < -0.3 is 14.8 Å². The van der Waals surface area contributed by atoms with Crippen LogP contribution in [0.25, 0.3) is 0 Å². The summed E-state index contributed by atoms with van der Waals surface area (Å²) in [7, 11) is 1.42. The third-order valence-corrected chi connectivity index (χ3v) is 4.08. The van der Waals surface area contributed by atoms with Crippen molar-refractivity contribution in [2.24, 2.45) is 0 Å². The standard InChI is InChI=1S/C19H20N2O6/c1-11-5-8-16(26-4)14(9-11)19(23)27-10-17(22)20-18-13(3)12(2)6-7-15(18)21(24)25/h5-9H,10H2,1-4H3,(H,20,22). The van der Waals surface area contributed by atoms with E-state index in [0.717, 1.165) is 11.1 Å². The minimum Gasteiger partial charge on any atom is -0.496 e. The number of aryl methyl sites for hydroxylation is 2. The number of nitro benzene ring substituents is 1. The highest BCUT2D eigenvalue weighted by Crippen LogP contribution is 2.30. The number of rotatable bonds is 6. The van der Waals surface area contributed by atoms with Crippen LogP contribution in [-0.2, 0) is 9.53 Å². The summed E-state index contributed by atoms with van der Waals surface area (Å²) in [6.45, 7) is 4.67. The quantitative estimate of drug-likeness (QED) is 0.473. The monoisotopic (exact) mass is 372 g/mol. The molecule has 0 aliphatic heterocycles. The fraction of sp³-hybridized carbons (Fsp3) is 0.263. The molecule has 0 fully saturated rings. The van der Waals surface area contributed by atoms with Crippen molar-refractivity contribution in [3.63, 3.8) is 0 Å². The molecule has 142 valence electrons. The van der Waals surface area contributed by atoms with Crippen LogP contribution in [0.5, 0.6) is 5.75 Å². The van der Waals surface area contributed by atoms with Crippen LogP contribution in [-0.4, -0.2) is 30.5 Å². The van der Waals surface area contributed by atoms with Crippen LogP contribution < -0.4 is 10.1 Å². The highest BCUT2D eigenvalue weighted by atomic mass is 16.6. The molecule has 0 aromatic heterocycles. The molecule has 0 aliphatic carbocycles. The SMILES string of the molecule is COc1ccc(C)cc1C(=O)OCC(=O)Nc1c([N+](=O)[O-])ccc(C)c1C. The zero-order chi connectivity index (χ0) is 20.1. The molecule has 0 saturated carbocycles. The van der Waals surface area contributed by atoms with Gasteiger partial charge in [0.2, 0.25) is 0 Å². The number of nitrogens with zero attached hydrogens (tertiary/aromatic N) is 1. The van der Waals surface area contributed by atoms with Gasteiger partial charge in [-0.3, -0.25) is 14.9 Å². The van der Waals surface area contributed by atoms with Crippen LogP contribution in [0.3, 0.4) is 0 Å². The molecule has 2 aromatic rings. The Balaban J connectivity index is 2.12. The predicted octanol–water partition coefficient (Wildman–Crippen LogP) is 3.32. The lowest BCUT2D eigenvalue weighted by atomic mass is 10.1. The van der Waals surface area contributed by atoms with Crippen LogP contribution in [0, 0.1) is 30.9 Å². The number of hydrogen-bond acceptors (Lipinski definition) is 6. The molecular formula is C19H20N2O6. The van der Waals surface area contributed by atoms with Gasteiger partial charge >= 0.3 is 5.97 Å². The normalized spacial score (nSPS) is 10.2. The van der Waals surface area contributed by atoms with Crippen LogP contribution in [0.2, 0.25) is 0 Å². The molecule has 8 nitrogen and oxygen atoms in total. The van der Waals surface area contributed by atoms with Crippen molar-refractivity contribution in [3.05, 3.63) is 62.7 Å². The maximum atomic E-state index is 12.2. The number of amides is 1. The van der Waals surface area contributed by atoms with Gasteiger partial charge in [-0.1, -0.05) is 17.7 Å². The first-order valence-corrected chi connectivity index (χ1v) is 8.10. The lowest BCUT2D eigenvalue weighted by Gasteiger charge is -2.12. The number of nitro groups is 1. The van der Waals surface area contributed by atoms with Gasteiger partial charge in [0, 0.05) is 6.07 Å². The summed E-state index contributed by atoms with van der Waals surface area (Å²) >= 11 is 0. The number of hydrogen-bond donors (Lipinski definition) is 1. The summed E-state index contributed by atoms with van der Waals surface area (Å²) in [6.07, 6.45) is 0. The molecule has 0 atom stereocenters. The van der Waals surface area contributed by atoms with Crippen LogP contribution in [0.15, 0.2) is 30.3 Å². The molecule has 2 aromatic carbocycles. The largest absolute Gasteiger partial charge is 0.496 e. The Morgan fingerprint density at radius 3 is 2.48 bits per heavy atom. The minimum atomic E-state index is -0.721. The Morgan fingerprint density at radius 1 is 1.15 bits per heavy atom. The van der Waals surface area contributed by atoms with Crippen LogP contribution >= 0.6 is 0 Å². The molecule has 2 rings (SSSR count). The van der Waals surface area contributed by atoms with Crippen molar-refractivity contribution < 1.29 is 24.0 Å². The number of carbonyl (C=O) groups is 2.